The standard InChI is InChI=1S/C13H19N5OS/c1-4-6-10-15-11(14-7-5-2)8-12(16-10)20-13-18-17-9(3)19-13/h8H,4-7H2,1-3H3,(H,14,15,16). The molecule has 0 aromatic carbocycles. The lowest BCUT2D eigenvalue weighted by Gasteiger charge is -2.07. The first-order valence-corrected chi connectivity index (χ1v) is 7.62. The molecule has 0 unspecified atom stereocenters. The van der Waals surface area contributed by atoms with Crippen molar-refractivity contribution in [3.8, 4) is 0 Å². The van der Waals surface area contributed by atoms with Gasteiger partial charge in [-0.25, -0.2) is 9.97 Å². The highest BCUT2D eigenvalue weighted by Gasteiger charge is 2.10. The summed E-state index contributed by atoms with van der Waals surface area (Å²) in [7, 11) is 0. The van der Waals surface area contributed by atoms with Crippen LogP contribution in [0.3, 0.4) is 0 Å². The maximum atomic E-state index is 5.37. The molecule has 0 amide bonds. The van der Waals surface area contributed by atoms with Crippen LogP contribution in [0.15, 0.2) is 20.7 Å². The SMILES string of the molecule is CCCNc1cc(Sc2nnc(C)o2)nc(CCC)n1. The highest BCUT2D eigenvalue weighted by Crippen LogP contribution is 2.26. The number of aryl methyl sites for hydroxylation is 2. The first kappa shape index (κ1) is 14.8. The van der Waals surface area contributed by atoms with Gasteiger partial charge in [-0.15, -0.1) is 10.2 Å². The van der Waals surface area contributed by atoms with Gasteiger partial charge < -0.3 is 9.73 Å². The number of rotatable bonds is 7. The summed E-state index contributed by atoms with van der Waals surface area (Å²) in [5.74, 6) is 2.25. The summed E-state index contributed by atoms with van der Waals surface area (Å²) in [6.07, 6.45) is 2.93. The lowest BCUT2D eigenvalue weighted by Crippen LogP contribution is -2.05. The van der Waals surface area contributed by atoms with E-state index in [9.17, 15) is 0 Å². The first-order chi connectivity index (χ1) is 9.71. The molecular weight excluding hydrogens is 274 g/mol. The average Bonchev–Trinajstić information content (AvgIpc) is 2.82. The van der Waals surface area contributed by atoms with Gasteiger partial charge in [0.1, 0.15) is 16.7 Å². The molecule has 6 nitrogen and oxygen atoms in total. The zero-order valence-corrected chi connectivity index (χ0v) is 12.8. The molecule has 0 fully saturated rings. The molecular formula is C13H19N5OS. The number of aromatic nitrogens is 4. The summed E-state index contributed by atoms with van der Waals surface area (Å²) in [6, 6.07) is 1.92. The van der Waals surface area contributed by atoms with Crippen molar-refractivity contribution in [3.63, 3.8) is 0 Å². The maximum Gasteiger partial charge on any atom is 0.282 e. The fraction of sp³-hybridized carbons (Fsp3) is 0.538. The van der Waals surface area contributed by atoms with E-state index in [0.29, 0.717) is 11.1 Å². The van der Waals surface area contributed by atoms with Gasteiger partial charge in [0.2, 0.25) is 5.89 Å². The molecule has 0 atom stereocenters. The van der Waals surface area contributed by atoms with Crippen LogP contribution in [0.25, 0.3) is 0 Å². The normalized spacial score (nSPS) is 10.8. The molecule has 0 saturated heterocycles. The zero-order chi connectivity index (χ0) is 14.4. The number of hydrogen-bond acceptors (Lipinski definition) is 7. The third kappa shape index (κ3) is 4.19. The molecule has 2 aromatic rings. The van der Waals surface area contributed by atoms with Crippen molar-refractivity contribution in [2.45, 2.75) is 50.3 Å². The largest absolute Gasteiger partial charge is 0.416 e. The second kappa shape index (κ2) is 7.23. The van der Waals surface area contributed by atoms with Crippen LogP contribution < -0.4 is 5.32 Å². The molecule has 1 N–H and O–H groups in total. The Bertz CT molecular complexity index is 557. The van der Waals surface area contributed by atoms with Crippen LogP contribution in [0.1, 0.15) is 38.4 Å². The fourth-order valence-corrected chi connectivity index (χ4v) is 2.36. The molecule has 0 bridgehead atoms. The summed E-state index contributed by atoms with van der Waals surface area (Å²) in [5.41, 5.74) is 0. The van der Waals surface area contributed by atoms with Gasteiger partial charge in [0.05, 0.1) is 0 Å². The maximum absolute atomic E-state index is 5.37. The number of nitrogens with zero attached hydrogens (tertiary/aromatic N) is 4. The highest BCUT2D eigenvalue weighted by atomic mass is 32.2. The summed E-state index contributed by atoms with van der Waals surface area (Å²) in [5, 5.41) is 12.4. The third-order valence-electron chi connectivity index (χ3n) is 2.48. The Labute approximate surface area is 122 Å². The Hall–Kier alpha value is -1.63. The van der Waals surface area contributed by atoms with E-state index in [-0.39, 0.29) is 0 Å². The van der Waals surface area contributed by atoms with Crippen molar-refractivity contribution in [3.05, 3.63) is 17.8 Å². The van der Waals surface area contributed by atoms with Crippen LogP contribution >= 0.6 is 11.8 Å². The van der Waals surface area contributed by atoms with Gasteiger partial charge in [-0.2, -0.15) is 0 Å². The van der Waals surface area contributed by atoms with Crippen LogP contribution in [0.2, 0.25) is 0 Å². The van der Waals surface area contributed by atoms with Crippen LogP contribution in [0.4, 0.5) is 5.82 Å². The molecule has 0 radical (unpaired) electrons. The minimum atomic E-state index is 0.505. The van der Waals surface area contributed by atoms with E-state index in [1.54, 1.807) is 6.92 Å². The number of anilines is 1. The molecule has 0 aliphatic rings. The molecule has 2 aromatic heterocycles. The van der Waals surface area contributed by atoms with Crippen LogP contribution in [0, 0.1) is 6.92 Å². The Balaban J connectivity index is 2.18. The lowest BCUT2D eigenvalue weighted by atomic mass is 10.3. The molecule has 0 aliphatic carbocycles. The van der Waals surface area contributed by atoms with Crippen molar-refractivity contribution in [1.82, 2.24) is 20.2 Å². The van der Waals surface area contributed by atoms with E-state index in [1.165, 1.54) is 11.8 Å². The van der Waals surface area contributed by atoms with Crippen molar-refractivity contribution in [1.29, 1.82) is 0 Å². The summed E-state index contributed by atoms with van der Waals surface area (Å²) < 4.78 is 5.37. The molecule has 2 heterocycles. The second-order valence-corrected chi connectivity index (χ2v) is 5.35. The van der Waals surface area contributed by atoms with Gasteiger partial charge in [0.25, 0.3) is 5.22 Å². The van der Waals surface area contributed by atoms with Crippen molar-refractivity contribution in [2.75, 3.05) is 11.9 Å². The smallest absolute Gasteiger partial charge is 0.282 e. The molecule has 20 heavy (non-hydrogen) atoms. The molecule has 2 rings (SSSR count). The van der Waals surface area contributed by atoms with Gasteiger partial charge in [-0.1, -0.05) is 13.8 Å². The molecule has 108 valence electrons. The van der Waals surface area contributed by atoms with Crippen molar-refractivity contribution in [2.24, 2.45) is 0 Å². The molecule has 0 spiro atoms. The summed E-state index contributed by atoms with van der Waals surface area (Å²) in [4.78, 5) is 9.03. The summed E-state index contributed by atoms with van der Waals surface area (Å²) >= 11 is 1.36. The van der Waals surface area contributed by atoms with Gasteiger partial charge >= 0.3 is 0 Å². The summed E-state index contributed by atoms with van der Waals surface area (Å²) in [6.45, 7) is 6.90. The van der Waals surface area contributed by atoms with E-state index in [1.807, 2.05) is 6.07 Å². The van der Waals surface area contributed by atoms with Crippen LogP contribution in [-0.4, -0.2) is 26.7 Å². The van der Waals surface area contributed by atoms with Gasteiger partial charge in [-0.05, 0) is 24.6 Å². The molecule has 0 aliphatic heterocycles. The van der Waals surface area contributed by atoms with Crippen molar-refractivity contribution >= 4 is 17.6 Å². The number of nitrogens with one attached hydrogen (secondary N) is 1. The predicted molar refractivity (Wildman–Crippen MR) is 78.0 cm³/mol. The van der Waals surface area contributed by atoms with E-state index in [2.05, 4.69) is 39.3 Å². The average molecular weight is 293 g/mol. The van der Waals surface area contributed by atoms with Gasteiger partial charge in [-0.3, -0.25) is 0 Å². The Kier molecular flexibility index (Phi) is 5.34. The topological polar surface area (TPSA) is 76.7 Å². The van der Waals surface area contributed by atoms with Crippen LogP contribution in [0.5, 0.6) is 0 Å². The molecule has 0 saturated carbocycles. The van der Waals surface area contributed by atoms with Crippen LogP contribution in [-0.2, 0) is 6.42 Å². The molecule has 7 heteroatoms. The Morgan fingerprint density at radius 1 is 1.20 bits per heavy atom. The highest BCUT2D eigenvalue weighted by molar-refractivity contribution is 7.99. The predicted octanol–water partition coefficient (Wildman–Crippen LogP) is 3.09. The second-order valence-electron chi connectivity index (χ2n) is 4.37. The number of hydrogen-bond donors (Lipinski definition) is 1. The van der Waals surface area contributed by atoms with Gasteiger partial charge in [0.15, 0.2) is 0 Å². The van der Waals surface area contributed by atoms with E-state index < -0.39 is 0 Å². The Morgan fingerprint density at radius 3 is 2.70 bits per heavy atom. The van der Waals surface area contributed by atoms with E-state index in [0.717, 1.165) is 42.5 Å². The monoisotopic (exact) mass is 293 g/mol. The van der Waals surface area contributed by atoms with Gasteiger partial charge in [0, 0.05) is 26.0 Å². The zero-order valence-electron chi connectivity index (χ0n) is 12.0. The minimum Gasteiger partial charge on any atom is -0.416 e. The van der Waals surface area contributed by atoms with Crippen molar-refractivity contribution < 1.29 is 4.42 Å². The van der Waals surface area contributed by atoms with E-state index >= 15 is 0 Å². The third-order valence-corrected chi connectivity index (χ3v) is 3.24. The fourth-order valence-electron chi connectivity index (χ4n) is 1.61. The lowest BCUT2D eigenvalue weighted by molar-refractivity contribution is 0.429. The first-order valence-electron chi connectivity index (χ1n) is 6.81. The minimum absolute atomic E-state index is 0.505. The van der Waals surface area contributed by atoms with E-state index in [4.69, 9.17) is 4.42 Å². The quantitative estimate of drug-likeness (QED) is 0.786. The Morgan fingerprint density at radius 2 is 2.05 bits per heavy atom.